The van der Waals surface area contributed by atoms with E-state index in [1.54, 1.807) is 27.0 Å². The summed E-state index contributed by atoms with van der Waals surface area (Å²) in [6.45, 7) is 7.01. The molecule has 0 aromatic heterocycles. The summed E-state index contributed by atoms with van der Waals surface area (Å²) in [5.74, 6) is 0.561. The Morgan fingerprint density at radius 2 is 2.00 bits per heavy atom. The van der Waals surface area contributed by atoms with Gasteiger partial charge in [0.05, 0.1) is 19.6 Å². The third-order valence-electron chi connectivity index (χ3n) is 2.82. The van der Waals surface area contributed by atoms with Crippen molar-refractivity contribution < 1.29 is 19.0 Å². The van der Waals surface area contributed by atoms with Crippen LogP contribution in [0.3, 0.4) is 0 Å². The number of rotatable bonds is 8. The minimum Gasteiger partial charge on any atom is -0.493 e. The van der Waals surface area contributed by atoms with E-state index in [1.807, 2.05) is 12.1 Å². The van der Waals surface area contributed by atoms with Crippen LogP contribution in [0.2, 0.25) is 0 Å². The molecule has 0 aliphatic carbocycles. The van der Waals surface area contributed by atoms with Crippen molar-refractivity contribution in [2.45, 2.75) is 40.2 Å². The lowest BCUT2D eigenvalue weighted by atomic mass is 10.2. The van der Waals surface area contributed by atoms with Crippen LogP contribution in [0.15, 0.2) is 18.2 Å². The maximum atomic E-state index is 11.6. The molecule has 0 aliphatic heterocycles. The summed E-state index contributed by atoms with van der Waals surface area (Å²) in [7, 11) is 1.56. The second-order valence-electron chi connectivity index (χ2n) is 4.97. The van der Waals surface area contributed by atoms with Crippen molar-refractivity contribution in [3.63, 3.8) is 0 Å². The lowest BCUT2D eigenvalue weighted by Gasteiger charge is -2.12. The second kappa shape index (κ2) is 8.59. The Morgan fingerprint density at radius 1 is 1.25 bits per heavy atom. The third kappa shape index (κ3) is 5.21. The first-order valence-corrected chi connectivity index (χ1v) is 7.04. The quantitative estimate of drug-likeness (QED) is 0.415. The van der Waals surface area contributed by atoms with Crippen molar-refractivity contribution in [3.05, 3.63) is 23.8 Å². The molecule has 0 bridgehead atoms. The molecule has 0 atom stereocenters. The summed E-state index contributed by atoms with van der Waals surface area (Å²) in [4.78, 5) is 11.6. The molecule has 1 aromatic carbocycles. The van der Waals surface area contributed by atoms with E-state index < -0.39 is 0 Å². The van der Waals surface area contributed by atoms with E-state index in [0.29, 0.717) is 18.1 Å². The topological polar surface area (TPSA) is 44.8 Å². The Labute approximate surface area is 121 Å². The molecule has 0 saturated carbocycles. The van der Waals surface area contributed by atoms with Gasteiger partial charge in [-0.3, -0.25) is 4.79 Å². The van der Waals surface area contributed by atoms with Crippen LogP contribution in [0, 0.1) is 5.92 Å². The number of ether oxygens (including phenoxy) is 3. The summed E-state index contributed by atoms with van der Waals surface area (Å²) < 4.78 is 16.1. The number of carbonyl (C=O) groups excluding carboxylic acids is 1. The Morgan fingerprint density at radius 3 is 2.60 bits per heavy atom. The predicted octanol–water partition coefficient (Wildman–Crippen LogP) is 3.57. The van der Waals surface area contributed by atoms with Crippen molar-refractivity contribution >= 4 is 5.97 Å². The number of methoxy groups -OCH3 is 1. The summed E-state index contributed by atoms with van der Waals surface area (Å²) in [5, 5.41) is 0. The van der Waals surface area contributed by atoms with Gasteiger partial charge in [-0.2, -0.15) is 0 Å². The maximum Gasteiger partial charge on any atom is 0.313 e. The molecule has 0 saturated heterocycles. The highest BCUT2D eigenvalue weighted by atomic mass is 16.6. The largest absolute Gasteiger partial charge is 0.493 e. The van der Waals surface area contributed by atoms with E-state index in [4.69, 9.17) is 14.2 Å². The number of carbonyl (C=O) groups is 1. The number of esters is 1. The normalized spacial score (nSPS) is 10.7. The third-order valence-corrected chi connectivity index (χ3v) is 2.82. The van der Waals surface area contributed by atoms with Crippen molar-refractivity contribution in [2.24, 2.45) is 5.92 Å². The van der Waals surface area contributed by atoms with Crippen molar-refractivity contribution in [1.29, 1.82) is 0 Å². The van der Waals surface area contributed by atoms with Gasteiger partial charge in [-0.25, -0.2) is 0 Å². The fourth-order valence-corrected chi connectivity index (χ4v) is 1.55. The van der Waals surface area contributed by atoms with Gasteiger partial charge >= 0.3 is 5.97 Å². The van der Waals surface area contributed by atoms with Gasteiger partial charge in [0.2, 0.25) is 0 Å². The van der Waals surface area contributed by atoms with Crippen LogP contribution in [0.4, 0.5) is 0 Å². The van der Waals surface area contributed by atoms with E-state index >= 15 is 0 Å². The van der Waals surface area contributed by atoms with Crippen molar-refractivity contribution in [2.75, 3.05) is 13.7 Å². The monoisotopic (exact) mass is 280 g/mol. The number of benzene rings is 1. The van der Waals surface area contributed by atoms with Gasteiger partial charge in [0.15, 0.2) is 11.5 Å². The van der Waals surface area contributed by atoms with Gasteiger partial charge in [0, 0.05) is 6.61 Å². The molecule has 1 aromatic rings. The van der Waals surface area contributed by atoms with E-state index in [9.17, 15) is 4.79 Å². The van der Waals surface area contributed by atoms with Crippen molar-refractivity contribution in [3.8, 4) is 11.5 Å². The first-order chi connectivity index (χ1) is 9.58. The fourth-order valence-electron chi connectivity index (χ4n) is 1.55. The molecule has 0 aliphatic rings. The number of hydrogen-bond acceptors (Lipinski definition) is 4. The minimum atomic E-state index is -0.268. The average molecular weight is 280 g/mol. The fraction of sp³-hybridized carbons (Fsp3) is 0.562. The minimum absolute atomic E-state index is 0.170. The van der Waals surface area contributed by atoms with E-state index in [0.717, 1.165) is 25.0 Å². The highest BCUT2D eigenvalue weighted by Gasteiger charge is 2.13. The Hall–Kier alpha value is -1.55. The van der Waals surface area contributed by atoms with Crippen LogP contribution in [0.5, 0.6) is 11.5 Å². The van der Waals surface area contributed by atoms with Crippen LogP contribution in [0.1, 0.15) is 39.2 Å². The molecule has 0 amide bonds. The summed E-state index contributed by atoms with van der Waals surface area (Å²) in [6.07, 6.45) is 2.18. The lowest BCUT2D eigenvalue weighted by molar-refractivity contribution is -0.137. The van der Waals surface area contributed by atoms with Crippen LogP contribution in [-0.4, -0.2) is 19.7 Å². The van der Waals surface area contributed by atoms with Gasteiger partial charge in [-0.1, -0.05) is 33.3 Å². The molecule has 4 nitrogen and oxygen atoms in total. The van der Waals surface area contributed by atoms with E-state index in [2.05, 4.69) is 6.92 Å². The predicted molar refractivity (Wildman–Crippen MR) is 78.0 cm³/mol. The average Bonchev–Trinajstić information content (AvgIpc) is 2.44. The van der Waals surface area contributed by atoms with Gasteiger partial charge in [0.25, 0.3) is 0 Å². The van der Waals surface area contributed by atoms with Crippen molar-refractivity contribution in [1.82, 2.24) is 0 Å². The molecule has 1 rings (SSSR count). The molecule has 0 spiro atoms. The Bertz CT molecular complexity index is 426. The lowest BCUT2D eigenvalue weighted by Crippen LogP contribution is -2.15. The molecule has 0 N–H and O–H groups in total. The second-order valence-corrected chi connectivity index (χ2v) is 4.97. The maximum absolute atomic E-state index is 11.6. The van der Waals surface area contributed by atoms with Crippen LogP contribution in [-0.2, 0) is 16.1 Å². The molecule has 0 heterocycles. The van der Waals surface area contributed by atoms with Gasteiger partial charge in [-0.05, 0) is 24.1 Å². The first kappa shape index (κ1) is 16.5. The van der Waals surface area contributed by atoms with Gasteiger partial charge in [-0.15, -0.1) is 0 Å². The molecule has 112 valence electrons. The summed E-state index contributed by atoms with van der Waals surface area (Å²) in [5.41, 5.74) is 1.00. The molecule has 0 radical (unpaired) electrons. The molecular formula is C16H24O4. The first-order valence-electron chi connectivity index (χ1n) is 7.04. The highest BCUT2D eigenvalue weighted by molar-refractivity contribution is 5.75. The van der Waals surface area contributed by atoms with Gasteiger partial charge < -0.3 is 14.2 Å². The smallest absolute Gasteiger partial charge is 0.313 e. The number of unbranched alkanes of at least 4 members (excludes halogenated alkanes) is 1. The SMILES string of the molecule is CCCCOCc1ccc(OC(=O)C(C)C)c(OC)c1. The standard InChI is InChI=1S/C16H24O4/c1-5-6-9-19-11-13-7-8-14(15(10-13)18-4)20-16(17)12(2)3/h7-8,10,12H,5-6,9,11H2,1-4H3. The Balaban J connectivity index is 2.67. The zero-order valence-electron chi connectivity index (χ0n) is 12.8. The summed E-state index contributed by atoms with van der Waals surface area (Å²) >= 11 is 0. The van der Waals surface area contributed by atoms with Crippen LogP contribution >= 0.6 is 0 Å². The van der Waals surface area contributed by atoms with Crippen LogP contribution < -0.4 is 9.47 Å². The zero-order chi connectivity index (χ0) is 15.0. The van der Waals surface area contributed by atoms with Crippen LogP contribution in [0.25, 0.3) is 0 Å². The molecule has 0 unspecified atom stereocenters. The molecular weight excluding hydrogens is 256 g/mol. The van der Waals surface area contributed by atoms with Gasteiger partial charge in [0.1, 0.15) is 0 Å². The van der Waals surface area contributed by atoms with E-state index in [-0.39, 0.29) is 11.9 Å². The molecule has 4 heteroatoms. The summed E-state index contributed by atoms with van der Waals surface area (Å²) in [6, 6.07) is 5.48. The number of hydrogen-bond donors (Lipinski definition) is 0. The molecule has 0 fully saturated rings. The zero-order valence-corrected chi connectivity index (χ0v) is 12.8. The molecule has 20 heavy (non-hydrogen) atoms. The Kier molecular flexibility index (Phi) is 7.09. The van der Waals surface area contributed by atoms with E-state index in [1.165, 1.54) is 0 Å². The highest BCUT2D eigenvalue weighted by Crippen LogP contribution is 2.29.